The lowest BCUT2D eigenvalue weighted by Crippen LogP contribution is -2.43. The highest BCUT2D eigenvalue weighted by Crippen LogP contribution is 2.32. The first kappa shape index (κ1) is 20.4. The van der Waals surface area contributed by atoms with Gasteiger partial charge in [0.15, 0.2) is 0 Å². The predicted molar refractivity (Wildman–Crippen MR) is 126 cm³/mol. The van der Waals surface area contributed by atoms with Gasteiger partial charge >= 0.3 is 0 Å². The van der Waals surface area contributed by atoms with E-state index in [2.05, 4.69) is 34.3 Å². The van der Waals surface area contributed by atoms with E-state index < -0.39 is 0 Å². The van der Waals surface area contributed by atoms with E-state index in [1.807, 2.05) is 30.3 Å². The van der Waals surface area contributed by atoms with Crippen LogP contribution in [0.4, 0.5) is 5.69 Å². The van der Waals surface area contributed by atoms with Crippen LogP contribution in [0.25, 0.3) is 10.9 Å². The third kappa shape index (κ3) is 4.31. The number of piperazine rings is 1. The minimum absolute atomic E-state index is 0.0837. The first-order chi connectivity index (χ1) is 15.1. The van der Waals surface area contributed by atoms with Crippen molar-refractivity contribution in [1.82, 2.24) is 14.8 Å². The number of likely N-dealkylation sites (N-methyl/N-ethyl adjacent to an activating group) is 1. The molecule has 0 bridgehead atoms. The van der Waals surface area contributed by atoms with Crippen molar-refractivity contribution in [2.24, 2.45) is 0 Å². The van der Waals surface area contributed by atoms with Crippen molar-refractivity contribution >= 4 is 34.1 Å². The van der Waals surface area contributed by atoms with E-state index >= 15 is 0 Å². The number of rotatable bonds is 4. The summed E-state index contributed by atoms with van der Waals surface area (Å²) in [5, 5.41) is 4.56. The highest BCUT2D eigenvalue weighted by Gasteiger charge is 2.24. The number of carbonyl (C=O) groups excluding carboxylic acids is 1. The van der Waals surface area contributed by atoms with Gasteiger partial charge in [-0.1, -0.05) is 23.7 Å². The molecule has 0 radical (unpaired) electrons. The number of nitrogens with zero attached hydrogens (tertiary/aromatic N) is 3. The Kier molecular flexibility index (Phi) is 5.65. The van der Waals surface area contributed by atoms with Crippen molar-refractivity contribution < 1.29 is 4.79 Å². The molecule has 1 amide bonds. The van der Waals surface area contributed by atoms with Crippen LogP contribution < -0.4 is 5.32 Å². The van der Waals surface area contributed by atoms with Gasteiger partial charge in [0.05, 0.1) is 11.1 Å². The summed E-state index contributed by atoms with van der Waals surface area (Å²) >= 11 is 6.25. The van der Waals surface area contributed by atoms with Crippen LogP contribution in [0.3, 0.4) is 0 Å². The molecule has 1 aliphatic carbocycles. The summed E-state index contributed by atoms with van der Waals surface area (Å²) in [7, 11) is 2.17. The monoisotopic (exact) mass is 434 g/mol. The minimum Gasteiger partial charge on any atom is -0.322 e. The normalized spacial score (nSPS) is 17.1. The van der Waals surface area contributed by atoms with Crippen molar-refractivity contribution in [2.45, 2.75) is 25.8 Å². The third-order valence-corrected chi connectivity index (χ3v) is 6.65. The third-order valence-electron chi connectivity index (χ3n) is 6.41. The molecule has 1 fully saturated rings. The van der Waals surface area contributed by atoms with Crippen LogP contribution in [0.2, 0.25) is 5.02 Å². The number of amides is 1. The van der Waals surface area contributed by atoms with Crippen LogP contribution >= 0.6 is 11.6 Å². The number of anilines is 1. The van der Waals surface area contributed by atoms with Gasteiger partial charge < -0.3 is 10.2 Å². The Balaban J connectivity index is 1.36. The summed E-state index contributed by atoms with van der Waals surface area (Å²) in [4.78, 5) is 22.9. The largest absolute Gasteiger partial charge is 0.322 e. The Morgan fingerprint density at radius 3 is 2.61 bits per heavy atom. The van der Waals surface area contributed by atoms with Crippen molar-refractivity contribution in [3.05, 3.63) is 69.9 Å². The van der Waals surface area contributed by atoms with Crippen molar-refractivity contribution in [2.75, 3.05) is 38.5 Å². The van der Waals surface area contributed by atoms with Gasteiger partial charge in [0.1, 0.15) is 0 Å². The first-order valence-corrected chi connectivity index (χ1v) is 11.4. The van der Waals surface area contributed by atoms with Gasteiger partial charge in [-0.3, -0.25) is 14.7 Å². The molecule has 160 valence electrons. The van der Waals surface area contributed by atoms with E-state index in [0.717, 1.165) is 85.4 Å². The second-order valence-corrected chi connectivity index (χ2v) is 9.09. The summed E-state index contributed by atoms with van der Waals surface area (Å²) in [6.45, 7) is 5.36. The number of hydrogen-bond donors (Lipinski definition) is 1. The smallest absolute Gasteiger partial charge is 0.256 e. The lowest BCUT2D eigenvalue weighted by Gasteiger charge is -2.32. The summed E-state index contributed by atoms with van der Waals surface area (Å²) in [6.07, 6.45) is 2.85. The van der Waals surface area contributed by atoms with Gasteiger partial charge in [0, 0.05) is 54.5 Å². The molecule has 31 heavy (non-hydrogen) atoms. The quantitative estimate of drug-likeness (QED) is 0.662. The Hall–Kier alpha value is -2.47. The van der Waals surface area contributed by atoms with Crippen LogP contribution in [-0.2, 0) is 19.4 Å². The molecule has 6 heteroatoms. The number of benzene rings is 2. The van der Waals surface area contributed by atoms with Crippen LogP contribution in [0, 0.1) is 0 Å². The number of pyridine rings is 1. The van der Waals surface area contributed by atoms with Crippen molar-refractivity contribution in [3.63, 3.8) is 0 Å². The van der Waals surface area contributed by atoms with Crippen LogP contribution in [0.5, 0.6) is 0 Å². The molecular weight excluding hydrogens is 408 g/mol. The van der Waals surface area contributed by atoms with Gasteiger partial charge in [-0.2, -0.15) is 0 Å². The molecule has 2 aliphatic rings. The fourth-order valence-electron chi connectivity index (χ4n) is 4.65. The van der Waals surface area contributed by atoms with Gasteiger partial charge in [0.25, 0.3) is 5.91 Å². The summed E-state index contributed by atoms with van der Waals surface area (Å²) in [6, 6.07) is 13.8. The predicted octanol–water partition coefficient (Wildman–Crippen LogP) is 4.38. The highest BCUT2D eigenvalue weighted by molar-refractivity contribution is 6.31. The van der Waals surface area contributed by atoms with E-state index in [0.29, 0.717) is 5.02 Å². The molecule has 1 aromatic heterocycles. The number of carbonyl (C=O) groups is 1. The average molecular weight is 435 g/mol. The molecule has 5 rings (SSSR count). The van der Waals surface area contributed by atoms with Crippen LogP contribution in [-0.4, -0.2) is 53.9 Å². The number of halogens is 1. The van der Waals surface area contributed by atoms with E-state index in [9.17, 15) is 4.79 Å². The number of aromatic nitrogens is 1. The van der Waals surface area contributed by atoms with Gasteiger partial charge in [-0.15, -0.1) is 0 Å². The zero-order valence-electron chi connectivity index (χ0n) is 17.8. The van der Waals surface area contributed by atoms with E-state index in [1.54, 1.807) is 0 Å². The highest BCUT2D eigenvalue weighted by atomic mass is 35.5. The molecule has 5 nitrogen and oxygen atoms in total. The maximum absolute atomic E-state index is 13.3. The lowest BCUT2D eigenvalue weighted by atomic mass is 10.0. The number of aryl methyl sites for hydroxylation is 1. The average Bonchev–Trinajstić information content (AvgIpc) is 3.23. The molecule has 1 N–H and O–H groups in total. The fraction of sp³-hybridized carbons (Fsp3) is 0.360. The molecule has 0 saturated carbocycles. The summed E-state index contributed by atoms with van der Waals surface area (Å²) in [5.41, 5.74) is 5.75. The zero-order valence-corrected chi connectivity index (χ0v) is 18.6. The zero-order chi connectivity index (χ0) is 21.4. The number of nitrogens with one attached hydrogen (secondary N) is 1. The summed E-state index contributed by atoms with van der Waals surface area (Å²) in [5.74, 6) is -0.0837. The van der Waals surface area contributed by atoms with Crippen LogP contribution in [0.15, 0.2) is 42.5 Å². The molecule has 1 aliphatic heterocycles. The second kappa shape index (κ2) is 8.58. The van der Waals surface area contributed by atoms with E-state index in [4.69, 9.17) is 16.6 Å². The van der Waals surface area contributed by atoms with E-state index in [-0.39, 0.29) is 5.91 Å². The standard InChI is InChI=1S/C25H27ClN4O/c1-29-11-13-30(14-12-29)16-17-5-8-19(9-6-17)27-25(31)24-20-3-2-4-22(20)28-23-10-7-18(26)15-21(23)24/h5-10,15H,2-4,11-14,16H2,1H3,(H,27,31). The molecule has 0 spiro atoms. The SMILES string of the molecule is CN1CCN(Cc2ccc(NC(=O)c3c4c(nc5ccc(Cl)cc35)CCC4)cc2)CC1. The first-order valence-electron chi connectivity index (χ1n) is 11.0. The molecule has 2 aromatic carbocycles. The Bertz CT molecular complexity index is 1120. The summed E-state index contributed by atoms with van der Waals surface area (Å²) < 4.78 is 0. The molecular formula is C25H27ClN4O. The maximum atomic E-state index is 13.3. The topological polar surface area (TPSA) is 48.5 Å². The minimum atomic E-state index is -0.0837. The lowest BCUT2D eigenvalue weighted by molar-refractivity contribution is 0.102. The molecule has 0 atom stereocenters. The molecule has 2 heterocycles. The molecule has 0 unspecified atom stereocenters. The van der Waals surface area contributed by atoms with Crippen LogP contribution in [0.1, 0.15) is 33.6 Å². The fourth-order valence-corrected chi connectivity index (χ4v) is 4.82. The molecule has 1 saturated heterocycles. The van der Waals surface area contributed by atoms with Crippen molar-refractivity contribution in [1.29, 1.82) is 0 Å². The number of fused-ring (bicyclic) bond motifs is 2. The Labute approximate surface area is 188 Å². The Morgan fingerprint density at radius 1 is 1.06 bits per heavy atom. The Morgan fingerprint density at radius 2 is 1.84 bits per heavy atom. The van der Waals surface area contributed by atoms with E-state index in [1.165, 1.54) is 5.56 Å². The van der Waals surface area contributed by atoms with Gasteiger partial charge in [-0.05, 0) is 67.8 Å². The van der Waals surface area contributed by atoms with Gasteiger partial charge in [0.2, 0.25) is 0 Å². The van der Waals surface area contributed by atoms with Gasteiger partial charge in [-0.25, -0.2) is 0 Å². The van der Waals surface area contributed by atoms with Crippen molar-refractivity contribution in [3.8, 4) is 0 Å². The second-order valence-electron chi connectivity index (χ2n) is 8.66. The molecule has 3 aromatic rings. The number of hydrogen-bond acceptors (Lipinski definition) is 4. The maximum Gasteiger partial charge on any atom is 0.256 e.